The second kappa shape index (κ2) is 10.1. The van der Waals surface area contributed by atoms with Crippen molar-refractivity contribution >= 4 is 24.1 Å². The van der Waals surface area contributed by atoms with Gasteiger partial charge in [0.25, 0.3) is 0 Å². The number of halogens is 1. The second-order valence-corrected chi connectivity index (χ2v) is 8.27. The van der Waals surface area contributed by atoms with Gasteiger partial charge in [-0.25, -0.2) is 9.18 Å². The van der Waals surface area contributed by atoms with Crippen molar-refractivity contribution in [2.75, 3.05) is 6.54 Å². The minimum atomic E-state index is -0.608. The van der Waals surface area contributed by atoms with E-state index in [4.69, 9.17) is 9.94 Å². The summed E-state index contributed by atoms with van der Waals surface area (Å²) in [6.07, 6.45) is 0.768. The van der Waals surface area contributed by atoms with Gasteiger partial charge < -0.3 is 9.94 Å². The molecule has 0 spiro atoms. The molecule has 0 aliphatic carbocycles. The van der Waals surface area contributed by atoms with Crippen molar-refractivity contribution in [1.82, 2.24) is 4.90 Å². The predicted molar refractivity (Wildman–Crippen MR) is 109 cm³/mol. The third-order valence-corrected chi connectivity index (χ3v) is 4.71. The summed E-state index contributed by atoms with van der Waals surface area (Å²) in [6.45, 7) is 5.87. The molecule has 0 fully saturated rings. The van der Waals surface area contributed by atoms with E-state index in [1.54, 1.807) is 38.6 Å². The van der Waals surface area contributed by atoms with Crippen molar-refractivity contribution in [2.24, 2.45) is 5.16 Å². The molecule has 2 aromatic rings. The van der Waals surface area contributed by atoms with E-state index in [-0.39, 0.29) is 12.4 Å². The Bertz CT molecular complexity index is 804. The van der Waals surface area contributed by atoms with Crippen molar-refractivity contribution in [3.05, 3.63) is 65.5 Å². The number of oxime groups is 1. The topological polar surface area (TPSA) is 62.1 Å². The zero-order chi connectivity index (χ0) is 20.6. The number of amides is 1. The van der Waals surface area contributed by atoms with Crippen molar-refractivity contribution in [1.29, 1.82) is 0 Å². The Morgan fingerprint density at radius 1 is 1.21 bits per heavy atom. The van der Waals surface area contributed by atoms with Gasteiger partial charge in [-0.3, -0.25) is 4.90 Å². The molecule has 0 bridgehead atoms. The van der Waals surface area contributed by atoms with Gasteiger partial charge in [-0.1, -0.05) is 24.3 Å². The van der Waals surface area contributed by atoms with Crippen molar-refractivity contribution in [3.63, 3.8) is 0 Å². The van der Waals surface area contributed by atoms with Gasteiger partial charge in [0.05, 0.1) is 12.8 Å². The highest BCUT2D eigenvalue weighted by atomic mass is 32.2. The van der Waals surface area contributed by atoms with E-state index >= 15 is 0 Å². The third-order valence-electron chi connectivity index (χ3n) is 3.63. The highest BCUT2D eigenvalue weighted by Crippen LogP contribution is 2.24. The van der Waals surface area contributed by atoms with E-state index < -0.39 is 11.7 Å². The molecular weight excluding hydrogens is 379 g/mol. The van der Waals surface area contributed by atoms with Crippen LogP contribution in [0.15, 0.2) is 58.6 Å². The summed E-state index contributed by atoms with van der Waals surface area (Å²) in [5.74, 6) is 0.441. The zero-order valence-electron chi connectivity index (χ0n) is 16.3. The molecule has 0 radical (unpaired) electrons. The molecule has 0 unspecified atom stereocenters. The molecule has 0 saturated carbocycles. The Morgan fingerprint density at radius 3 is 2.54 bits per heavy atom. The molecule has 0 aliphatic heterocycles. The van der Waals surface area contributed by atoms with Gasteiger partial charge in [0, 0.05) is 17.2 Å². The molecular formula is C21H25FN2O3S. The number of thioether (sulfide) groups is 1. The van der Waals surface area contributed by atoms with E-state index in [1.807, 2.05) is 30.3 Å². The monoisotopic (exact) mass is 404 g/mol. The molecule has 1 N–H and O–H groups in total. The van der Waals surface area contributed by atoms with Crippen LogP contribution < -0.4 is 0 Å². The second-order valence-electron chi connectivity index (χ2n) is 7.22. The van der Waals surface area contributed by atoms with Crippen LogP contribution >= 0.6 is 11.8 Å². The molecule has 0 heterocycles. The Hall–Kier alpha value is -2.54. The van der Waals surface area contributed by atoms with Gasteiger partial charge in [-0.2, -0.15) is 0 Å². The minimum absolute atomic E-state index is 0.140. The summed E-state index contributed by atoms with van der Waals surface area (Å²) >= 11 is 1.61. The van der Waals surface area contributed by atoms with Crippen molar-refractivity contribution in [2.45, 2.75) is 43.6 Å². The first-order valence-corrected chi connectivity index (χ1v) is 9.85. The number of hydrogen-bond donors (Lipinski definition) is 1. The molecule has 2 rings (SSSR count). The highest BCUT2D eigenvalue weighted by Gasteiger charge is 2.21. The molecule has 7 heteroatoms. The van der Waals surface area contributed by atoms with Crippen LogP contribution in [0, 0.1) is 5.82 Å². The maximum atomic E-state index is 13.2. The third kappa shape index (κ3) is 7.60. The SMILES string of the molecule is CC(C)(C)OC(=O)N(C/C=N/O)Cc1ccc(SCc2cccc(F)c2)cc1. The largest absolute Gasteiger partial charge is 0.444 e. The molecule has 150 valence electrons. The Labute approximate surface area is 169 Å². The van der Waals surface area contributed by atoms with Gasteiger partial charge >= 0.3 is 6.09 Å². The Balaban J connectivity index is 1.98. The zero-order valence-corrected chi connectivity index (χ0v) is 17.1. The first-order chi connectivity index (χ1) is 13.3. The predicted octanol–water partition coefficient (Wildman–Crippen LogP) is 5.32. The summed E-state index contributed by atoms with van der Waals surface area (Å²) in [5, 5.41) is 11.6. The van der Waals surface area contributed by atoms with Gasteiger partial charge in [0.15, 0.2) is 0 Å². The lowest BCUT2D eigenvalue weighted by atomic mass is 10.2. The van der Waals surface area contributed by atoms with Crippen LogP contribution in [-0.4, -0.2) is 34.6 Å². The normalized spacial score (nSPS) is 11.6. The van der Waals surface area contributed by atoms with Gasteiger partial charge in [-0.15, -0.1) is 16.9 Å². The van der Waals surface area contributed by atoms with Gasteiger partial charge in [-0.05, 0) is 56.2 Å². The maximum absolute atomic E-state index is 13.2. The average Bonchev–Trinajstić information content (AvgIpc) is 2.63. The Morgan fingerprint density at radius 2 is 1.93 bits per heavy atom. The number of carbonyl (C=O) groups is 1. The molecule has 28 heavy (non-hydrogen) atoms. The molecule has 0 saturated heterocycles. The fraction of sp³-hybridized carbons (Fsp3) is 0.333. The fourth-order valence-electron chi connectivity index (χ4n) is 2.37. The summed E-state index contributed by atoms with van der Waals surface area (Å²) in [5.41, 5.74) is 1.24. The van der Waals surface area contributed by atoms with E-state index in [1.165, 1.54) is 23.2 Å². The van der Waals surface area contributed by atoms with Crippen LogP contribution in [0.1, 0.15) is 31.9 Å². The van der Waals surface area contributed by atoms with E-state index in [2.05, 4.69) is 5.16 Å². The van der Waals surface area contributed by atoms with Crippen molar-refractivity contribution in [3.8, 4) is 0 Å². The first kappa shape index (κ1) is 21.8. The van der Waals surface area contributed by atoms with Crippen molar-refractivity contribution < 1.29 is 19.1 Å². The molecule has 0 aliphatic rings. The average molecular weight is 405 g/mol. The highest BCUT2D eigenvalue weighted by molar-refractivity contribution is 7.98. The number of hydrogen-bond acceptors (Lipinski definition) is 5. The van der Waals surface area contributed by atoms with Crippen LogP contribution in [0.5, 0.6) is 0 Å². The lowest BCUT2D eigenvalue weighted by Crippen LogP contribution is -2.37. The van der Waals surface area contributed by atoms with Crippen LogP contribution in [0.2, 0.25) is 0 Å². The van der Waals surface area contributed by atoms with Crippen LogP contribution in [-0.2, 0) is 17.0 Å². The van der Waals surface area contributed by atoms with E-state index in [0.29, 0.717) is 12.3 Å². The summed E-state index contributed by atoms with van der Waals surface area (Å²) in [4.78, 5) is 14.9. The maximum Gasteiger partial charge on any atom is 0.410 e. The number of benzene rings is 2. The van der Waals surface area contributed by atoms with Gasteiger partial charge in [0.1, 0.15) is 11.4 Å². The Kier molecular flexibility index (Phi) is 7.87. The van der Waals surface area contributed by atoms with Gasteiger partial charge in [0.2, 0.25) is 0 Å². The molecule has 1 amide bonds. The van der Waals surface area contributed by atoms with E-state index in [9.17, 15) is 9.18 Å². The lowest BCUT2D eigenvalue weighted by molar-refractivity contribution is 0.0265. The van der Waals surface area contributed by atoms with E-state index in [0.717, 1.165) is 16.0 Å². The van der Waals surface area contributed by atoms with Crippen LogP contribution in [0.25, 0.3) is 0 Å². The quantitative estimate of drug-likeness (QED) is 0.294. The number of rotatable bonds is 7. The summed E-state index contributed by atoms with van der Waals surface area (Å²) in [7, 11) is 0. The minimum Gasteiger partial charge on any atom is -0.444 e. The molecule has 0 aromatic heterocycles. The summed E-state index contributed by atoms with van der Waals surface area (Å²) in [6, 6.07) is 14.4. The van der Waals surface area contributed by atoms with Crippen LogP contribution in [0.4, 0.5) is 9.18 Å². The number of ether oxygens (including phenoxy) is 1. The fourth-order valence-corrected chi connectivity index (χ4v) is 3.21. The number of carbonyl (C=O) groups excluding carboxylic acids is 1. The molecule has 0 atom stereocenters. The first-order valence-electron chi connectivity index (χ1n) is 8.87. The number of nitrogens with zero attached hydrogens (tertiary/aromatic N) is 2. The smallest absolute Gasteiger partial charge is 0.410 e. The standard InChI is InChI=1S/C21H25FN2O3S/c1-21(2,3)27-20(25)24(12-11-23-26)14-16-7-9-19(10-8-16)28-15-17-5-4-6-18(22)13-17/h4-11,13,26H,12,14-15H2,1-3H3/b23-11+. The lowest BCUT2D eigenvalue weighted by Gasteiger charge is -2.26. The van der Waals surface area contributed by atoms with Crippen LogP contribution in [0.3, 0.4) is 0 Å². The molecule has 5 nitrogen and oxygen atoms in total. The summed E-state index contributed by atoms with van der Waals surface area (Å²) < 4.78 is 18.6. The molecule has 2 aromatic carbocycles.